The van der Waals surface area contributed by atoms with Crippen molar-refractivity contribution in [2.75, 3.05) is 10.6 Å². The minimum atomic E-state index is -0.546. The van der Waals surface area contributed by atoms with Crippen LogP contribution in [0.4, 0.5) is 11.9 Å². The van der Waals surface area contributed by atoms with E-state index in [1.165, 1.54) is 36.9 Å². The van der Waals surface area contributed by atoms with Gasteiger partial charge in [-0.1, -0.05) is 35.3 Å². The monoisotopic (exact) mass is 388 g/mol. The highest BCUT2D eigenvalue weighted by Crippen LogP contribution is 2.14. The van der Waals surface area contributed by atoms with E-state index in [0.29, 0.717) is 10.0 Å². The normalized spacial score (nSPS) is 10.2. The van der Waals surface area contributed by atoms with Crippen LogP contribution in [0.3, 0.4) is 0 Å². The quantitative estimate of drug-likeness (QED) is 0.710. The van der Waals surface area contributed by atoms with Crippen LogP contribution in [-0.2, 0) is 0 Å². The highest BCUT2D eigenvalue weighted by molar-refractivity contribution is 6.30. The molecule has 0 bridgehead atoms. The molecule has 0 saturated carbocycles. The summed E-state index contributed by atoms with van der Waals surface area (Å²) in [6.45, 7) is 0. The molecule has 3 rings (SSSR count). The lowest BCUT2D eigenvalue weighted by atomic mass is 10.1. The fourth-order valence-corrected chi connectivity index (χ4v) is 2.17. The molecule has 0 aliphatic heterocycles. The Morgan fingerprint density at radius 2 is 1.04 bits per heavy atom. The molecule has 2 amide bonds. The number of aromatic nitrogens is 4. The summed E-state index contributed by atoms with van der Waals surface area (Å²) < 4.78 is 0. The van der Waals surface area contributed by atoms with Gasteiger partial charge in [-0.25, -0.2) is 19.9 Å². The predicted octanol–water partition coefficient (Wildman–Crippen LogP) is 3.08. The van der Waals surface area contributed by atoms with Crippen LogP contribution < -0.4 is 10.6 Å². The van der Waals surface area contributed by atoms with Gasteiger partial charge in [0.2, 0.25) is 11.9 Å². The third kappa shape index (κ3) is 4.29. The topological polar surface area (TPSA) is 110 Å². The van der Waals surface area contributed by atoms with Gasteiger partial charge in [0.1, 0.15) is 0 Å². The van der Waals surface area contributed by atoms with E-state index in [4.69, 9.17) is 23.2 Å². The molecule has 0 aliphatic rings. The van der Waals surface area contributed by atoms with E-state index in [0.717, 1.165) is 0 Å². The molecule has 2 N–H and O–H groups in total. The molecule has 10 heteroatoms. The molecule has 1 aromatic carbocycles. The molecule has 130 valence electrons. The van der Waals surface area contributed by atoms with E-state index in [2.05, 4.69) is 30.6 Å². The van der Waals surface area contributed by atoms with Crippen molar-refractivity contribution in [3.8, 4) is 0 Å². The van der Waals surface area contributed by atoms with Gasteiger partial charge in [-0.2, -0.15) is 0 Å². The summed E-state index contributed by atoms with van der Waals surface area (Å²) >= 11 is 11.4. The number of anilines is 2. The van der Waals surface area contributed by atoms with Crippen molar-refractivity contribution in [2.45, 2.75) is 0 Å². The van der Waals surface area contributed by atoms with Crippen LogP contribution in [0.2, 0.25) is 10.0 Å². The van der Waals surface area contributed by atoms with Crippen molar-refractivity contribution in [3.05, 3.63) is 70.2 Å². The Hall–Kier alpha value is -3.10. The number of halogens is 2. The number of carbonyl (C=O) groups excluding carboxylic acids is 2. The lowest BCUT2D eigenvalue weighted by Crippen LogP contribution is -2.21. The van der Waals surface area contributed by atoms with Crippen LogP contribution in [0.1, 0.15) is 20.7 Å². The molecular weight excluding hydrogens is 379 g/mol. The summed E-state index contributed by atoms with van der Waals surface area (Å²) in [5.41, 5.74) is 0.273. The molecule has 0 radical (unpaired) electrons. The van der Waals surface area contributed by atoms with E-state index in [9.17, 15) is 9.59 Å². The van der Waals surface area contributed by atoms with Gasteiger partial charge in [-0.05, 0) is 12.1 Å². The zero-order valence-electron chi connectivity index (χ0n) is 13.0. The van der Waals surface area contributed by atoms with Crippen molar-refractivity contribution in [1.29, 1.82) is 0 Å². The predicted molar refractivity (Wildman–Crippen MR) is 96.4 cm³/mol. The number of hydrogen-bond donors (Lipinski definition) is 2. The van der Waals surface area contributed by atoms with Gasteiger partial charge in [0.15, 0.2) is 0 Å². The van der Waals surface area contributed by atoms with Crippen molar-refractivity contribution in [3.63, 3.8) is 0 Å². The van der Waals surface area contributed by atoms with Crippen molar-refractivity contribution in [2.24, 2.45) is 0 Å². The van der Waals surface area contributed by atoms with Gasteiger partial charge in [0.25, 0.3) is 11.8 Å². The fraction of sp³-hybridized carbons (Fsp3) is 0. The third-order valence-corrected chi connectivity index (χ3v) is 3.50. The zero-order valence-corrected chi connectivity index (χ0v) is 14.5. The molecule has 2 aromatic heterocycles. The van der Waals surface area contributed by atoms with Gasteiger partial charge >= 0.3 is 0 Å². The van der Waals surface area contributed by atoms with Crippen LogP contribution in [0.25, 0.3) is 0 Å². The van der Waals surface area contributed by atoms with Gasteiger partial charge in [-0.3, -0.25) is 20.2 Å². The van der Waals surface area contributed by atoms with E-state index in [1.807, 2.05) is 0 Å². The number of benzene rings is 1. The minimum Gasteiger partial charge on any atom is -0.290 e. The maximum absolute atomic E-state index is 12.5. The number of hydrogen-bond acceptors (Lipinski definition) is 6. The lowest BCUT2D eigenvalue weighted by molar-refractivity contribution is 0.0989. The number of nitrogens with zero attached hydrogens (tertiary/aromatic N) is 4. The molecule has 0 spiro atoms. The lowest BCUT2D eigenvalue weighted by Gasteiger charge is -2.09. The highest BCUT2D eigenvalue weighted by Gasteiger charge is 2.18. The SMILES string of the molecule is O=C(Nc1ncc(Cl)cn1)c1ccccc1C(=O)Nc1ncc(Cl)cn1. The van der Waals surface area contributed by atoms with E-state index in [1.54, 1.807) is 12.1 Å². The Balaban J connectivity index is 1.80. The molecular formula is C16H10Cl2N6O2. The molecule has 0 fully saturated rings. The Kier molecular flexibility index (Phi) is 5.35. The maximum atomic E-state index is 12.5. The van der Waals surface area contributed by atoms with Crippen LogP contribution in [0.15, 0.2) is 49.1 Å². The summed E-state index contributed by atoms with van der Waals surface area (Å²) in [6, 6.07) is 6.27. The first-order valence-electron chi connectivity index (χ1n) is 7.20. The first kappa shape index (κ1) is 17.7. The summed E-state index contributed by atoms with van der Waals surface area (Å²) in [7, 11) is 0. The first-order valence-corrected chi connectivity index (χ1v) is 7.95. The molecule has 0 aliphatic carbocycles. The van der Waals surface area contributed by atoms with E-state index >= 15 is 0 Å². The van der Waals surface area contributed by atoms with Gasteiger partial charge in [0, 0.05) is 0 Å². The summed E-state index contributed by atoms with van der Waals surface area (Å²) in [4.78, 5) is 40.5. The van der Waals surface area contributed by atoms with Crippen molar-refractivity contribution in [1.82, 2.24) is 19.9 Å². The number of amides is 2. The summed E-state index contributed by atoms with van der Waals surface area (Å²) in [5.74, 6) is -0.962. The fourth-order valence-electron chi connectivity index (χ4n) is 1.97. The Morgan fingerprint density at radius 3 is 1.38 bits per heavy atom. The largest absolute Gasteiger partial charge is 0.290 e. The second kappa shape index (κ2) is 7.85. The molecule has 0 unspecified atom stereocenters. The summed E-state index contributed by atoms with van der Waals surface area (Å²) in [6.07, 6.45) is 5.39. The molecule has 0 saturated heterocycles. The smallest absolute Gasteiger partial charge is 0.258 e. The number of nitrogens with one attached hydrogen (secondary N) is 2. The standard InChI is InChI=1S/C16H10Cl2N6O2/c17-9-5-19-15(20-6-9)23-13(25)11-3-1-2-4-12(11)14(26)24-16-21-7-10(18)8-22-16/h1-8H,(H,19,20,23,25)(H,21,22,24,26). The molecule has 0 atom stereocenters. The maximum Gasteiger partial charge on any atom is 0.258 e. The summed E-state index contributed by atoms with van der Waals surface area (Å²) in [5, 5.41) is 5.68. The molecule has 2 heterocycles. The van der Waals surface area contributed by atoms with Gasteiger partial charge in [0.05, 0.1) is 46.0 Å². The Labute approximate surface area is 157 Å². The van der Waals surface area contributed by atoms with Crippen LogP contribution in [0, 0.1) is 0 Å². The Morgan fingerprint density at radius 1 is 0.692 bits per heavy atom. The van der Waals surface area contributed by atoms with Crippen molar-refractivity contribution >= 4 is 46.9 Å². The average molecular weight is 389 g/mol. The van der Waals surface area contributed by atoms with Crippen LogP contribution >= 0.6 is 23.2 Å². The highest BCUT2D eigenvalue weighted by atomic mass is 35.5. The van der Waals surface area contributed by atoms with Crippen molar-refractivity contribution < 1.29 is 9.59 Å². The Bertz CT molecular complexity index is 869. The minimum absolute atomic E-state index is 0.0654. The zero-order chi connectivity index (χ0) is 18.5. The van der Waals surface area contributed by atoms with E-state index in [-0.39, 0.29) is 23.0 Å². The van der Waals surface area contributed by atoms with Gasteiger partial charge in [-0.15, -0.1) is 0 Å². The second-order valence-corrected chi connectivity index (χ2v) is 5.78. The average Bonchev–Trinajstić information content (AvgIpc) is 2.65. The van der Waals surface area contributed by atoms with Gasteiger partial charge < -0.3 is 0 Å². The second-order valence-electron chi connectivity index (χ2n) is 4.90. The number of rotatable bonds is 4. The molecule has 8 nitrogen and oxygen atoms in total. The molecule has 26 heavy (non-hydrogen) atoms. The number of carbonyl (C=O) groups is 2. The third-order valence-electron chi connectivity index (χ3n) is 3.11. The van der Waals surface area contributed by atoms with E-state index < -0.39 is 11.8 Å². The van der Waals surface area contributed by atoms with Crippen LogP contribution in [-0.4, -0.2) is 31.8 Å². The first-order chi connectivity index (χ1) is 12.5. The van der Waals surface area contributed by atoms with Crippen LogP contribution in [0.5, 0.6) is 0 Å². The molecule has 3 aromatic rings.